The number of amides is 1. The van der Waals surface area contributed by atoms with Crippen molar-refractivity contribution in [2.75, 3.05) is 19.5 Å². The highest BCUT2D eigenvalue weighted by Gasteiger charge is 2.17. The molecule has 2 heterocycles. The fourth-order valence-electron chi connectivity index (χ4n) is 3.79. The number of rotatable bonds is 8. The molecule has 0 spiro atoms. The lowest BCUT2D eigenvalue weighted by Crippen LogP contribution is -2.42. The quantitative estimate of drug-likeness (QED) is 0.402. The molecule has 0 radical (unpaired) electrons. The number of benzene rings is 2. The van der Waals surface area contributed by atoms with Crippen LogP contribution < -0.4 is 26.0 Å². The lowest BCUT2D eigenvalue weighted by molar-refractivity contribution is -0.116. The third kappa shape index (κ3) is 4.95. The molecule has 0 bridgehead atoms. The SMILES string of the molecule is COc1ccc(CCn2c(=O)c3ncccc3n(CC(=O)Nc3ccc(F)cc3F)c2=O)cc1OC. The van der Waals surface area contributed by atoms with Crippen molar-refractivity contribution in [1.29, 1.82) is 0 Å². The van der Waals surface area contributed by atoms with Gasteiger partial charge in [-0.2, -0.15) is 0 Å². The van der Waals surface area contributed by atoms with E-state index in [4.69, 9.17) is 9.47 Å². The number of ether oxygens (including phenoxy) is 2. The van der Waals surface area contributed by atoms with Gasteiger partial charge in [-0.05, 0) is 48.4 Å². The third-order valence-corrected chi connectivity index (χ3v) is 5.57. The maximum Gasteiger partial charge on any atom is 0.332 e. The molecule has 11 heteroatoms. The first-order valence-corrected chi connectivity index (χ1v) is 10.9. The zero-order valence-electron chi connectivity index (χ0n) is 19.5. The van der Waals surface area contributed by atoms with Gasteiger partial charge in [-0.3, -0.25) is 18.7 Å². The van der Waals surface area contributed by atoms with Crippen LogP contribution in [0.4, 0.5) is 14.5 Å². The average Bonchev–Trinajstić information content (AvgIpc) is 2.88. The molecule has 186 valence electrons. The van der Waals surface area contributed by atoms with E-state index in [1.807, 2.05) is 0 Å². The van der Waals surface area contributed by atoms with Crippen LogP contribution in [-0.2, 0) is 24.3 Å². The van der Waals surface area contributed by atoms with Crippen molar-refractivity contribution in [3.63, 3.8) is 0 Å². The molecule has 0 saturated heterocycles. The van der Waals surface area contributed by atoms with Crippen LogP contribution in [0.3, 0.4) is 0 Å². The molecule has 1 N–H and O–H groups in total. The Morgan fingerprint density at radius 1 is 1.00 bits per heavy atom. The van der Waals surface area contributed by atoms with E-state index in [9.17, 15) is 23.2 Å². The van der Waals surface area contributed by atoms with E-state index in [-0.39, 0.29) is 23.3 Å². The molecule has 4 rings (SSSR count). The Balaban J connectivity index is 1.67. The minimum atomic E-state index is -0.956. The van der Waals surface area contributed by atoms with E-state index in [0.29, 0.717) is 24.0 Å². The van der Waals surface area contributed by atoms with Crippen LogP contribution in [-0.4, -0.2) is 34.2 Å². The lowest BCUT2D eigenvalue weighted by Gasteiger charge is -2.14. The van der Waals surface area contributed by atoms with Crippen molar-refractivity contribution in [1.82, 2.24) is 14.1 Å². The number of nitrogens with zero attached hydrogens (tertiary/aromatic N) is 3. The molecule has 0 saturated carbocycles. The summed E-state index contributed by atoms with van der Waals surface area (Å²) in [6.45, 7) is -0.512. The minimum absolute atomic E-state index is 0.00479. The van der Waals surface area contributed by atoms with Crippen LogP contribution in [0.25, 0.3) is 11.0 Å². The molecule has 0 atom stereocenters. The number of hydrogen-bond donors (Lipinski definition) is 1. The number of aromatic nitrogens is 3. The van der Waals surface area contributed by atoms with Crippen molar-refractivity contribution in [3.8, 4) is 11.5 Å². The van der Waals surface area contributed by atoms with Gasteiger partial charge in [-0.1, -0.05) is 6.07 Å². The van der Waals surface area contributed by atoms with E-state index >= 15 is 0 Å². The molecule has 2 aromatic carbocycles. The number of halogens is 2. The summed E-state index contributed by atoms with van der Waals surface area (Å²) in [7, 11) is 3.02. The second kappa shape index (κ2) is 10.4. The van der Waals surface area contributed by atoms with Crippen LogP contribution in [0, 0.1) is 11.6 Å². The molecule has 4 aromatic rings. The number of hydrogen-bond acceptors (Lipinski definition) is 6. The first-order valence-electron chi connectivity index (χ1n) is 10.9. The number of aryl methyl sites for hydroxylation is 1. The highest BCUT2D eigenvalue weighted by Crippen LogP contribution is 2.27. The lowest BCUT2D eigenvalue weighted by atomic mass is 10.1. The van der Waals surface area contributed by atoms with Gasteiger partial charge in [0.1, 0.15) is 18.2 Å². The van der Waals surface area contributed by atoms with Crippen LogP contribution in [0.2, 0.25) is 0 Å². The molecule has 1 amide bonds. The van der Waals surface area contributed by atoms with Gasteiger partial charge in [0, 0.05) is 18.8 Å². The minimum Gasteiger partial charge on any atom is -0.493 e. The van der Waals surface area contributed by atoms with Crippen molar-refractivity contribution in [2.45, 2.75) is 19.5 Å². The van der Waals surface area contributed by atoms with Crippen LogP contribution in [0.5, 0.6) is 11.5 Å². The van der Waals surface area contributed by atoms with Gasteiger partial charge in [0.2, 0.25) is 5.91 Å². The summed E-state index contributed by atoms with van der Waals surface area (Å²) in [5.74, 6) is -1.44. The van der Waals surface area contributed by atoms with Gasteiger partial charge >= 0.3 is 5.69 Å². The highest BCUT2D eigenvalue weighted by atomic mass is 19.1. The number of carbonyl (C=O) groups is 1. The second-order valence-electron chi connectivity index (χ2n) is 7.81. The van der Waals surface area contributed by atoms with E-state index in [1.54, 1.807) is 18.2 Å². The molecule has 0 unspecified atom stereocenters. The molecule has 2 aromatic heterocycles. The second-order valence-corrected chi connectivity index (χ2v) is 7.81. The van der Waals surface area contributed by atoms with Gasteiger partial charge in [-0.15, -0.1) is 0 Å². The Bertz CT molecular complexity index is 1560. The number of methoxy groups -OCH3 is 2. The Hall–Kier alpha value is -4.54. The van der Waals surface area contributed by atoms with Crippen LogP contribution >= 0.6 is 0 Å². The largest absolute Gasteiger partial charge is 0.493 e. The number of fused-ring (bicyclic) bond motifs is 1. The van der Waals surface area contributed by atoms with E-state index in [1.165, 1.54) is 32.5 Å². The predicted molar refractivity (Wildman–Crippen MR) is 129 cm³/mol. The number of carbonyl (C=O) groups excluding carboxylic acids is 1. The van der Waals surface area contributed by atoms with Gasteiger partial charge in [0.05, 0.1) is 25.4 Å². The first kappa shape index (κ1) is 24.6. The smallest absolute Gasteiger partial charge is 0.332 e. The first-order chi connectivity index (χ1) is 17.3. The zero-order chi connectivity index (χ0) is 25.8. The summed E-state index contributed by atoms with van der Waals surface area (Å²) in [4.78, 5) is 43.1. The predicted octanol–water partition coefficient (Wildman–Crippen LogP) is 2.74. The maximum absolute atomic E-state index is 14.0. The molecular formula is C25H22F2N4O5. The van der Waals surface area contributed by atoms with Gasteiger partial charge in [0.15, 0.2) is 17.0 Å². The van der Waals surface area contributed by atoms with Crippen molar-refractivity contribution in [2.24, 2.45) is 0 Å². The summed E-state index contributed by atoms with van der Waals surface area (Å²) >= 11 is 0. The number of nitrogens with one attached hydrogen (secondary N) is 1. The molecule has 9 nitrogen and oxygen atoms in total. The van der Waals surface area contributed by atoms with Crippen molar-refractivity contribution < 1.29 is 23.0 Å². The monoisotopic (exact) mass is 496 g/mol. The van der Waals surface area contributed by atoms with Crippen LogP contribution in [0.1, 0.15) is 5.56 Å². The molecule has 0 aliphatic carbocycles. The summed E-state index contributed by atoms with van der Waals surface area (Å²) < 4.78 is 39.7. The van der Waals surface area contributed by atoms with Crippen molar-refractivity contribution in [3.05, 3.63) is 92.8 Å². The standard InChI is InChI=1S/C25H22F2N4O5/c1-35-20-8-5-15(12-21(20)36-2)9-11-30-24(33)23-19(4-3-10-28-23)31(25(30)34)14-22(32)29-18-7-6-16(26)13-17(18)27/h3-8,10,12-13H,9,11,14H2,1-2H3,(H,29,32). The van der Waals surface area contributed by atoms with E-state index < -0.39 is 35.3 Å². The third-order valence-electron chi connectivity index (χ3n) is 5.57. The molecule has 0 aliphatic rings. The Labute approximate surface area is 203 Å². The normalized spacial score (nSPS) is 10.9. The summed E-state index contributed by atoms with van der Waals surface area (Å²) in [5.41, 5.74) is -0.613. The Morgan fingerprint density at radius 2 is 1.78 bits per heavy atom. The molecule has 36 heavy (non-hydrogen) atoms. The van der Waals surface area contributed by atoms with Gasteiger partial charge < -0.3 is 14.8 Å². The summed E-state index contributed by atoms with van der Waals surface area (Å²) in [5, 5.41) is 2.32. The zero-order valence-corrected chi connectivity index (χ0v) is 19.5. The Morgan fingerprint density at radius 3 is 2.50 bits per heavy atom. The average molecular weight is 496 g/mol. The molecular weight excluding hydrogens is 474 g/mol. The Kier molecular flexibility index (Phi) is 7.09. The fraction of sp³-hybridized carbons (Fsp3) is 0.200. The maximum atomic E-state index is 14.0. The summed E-state index contributed by atoms with van der Waals surface area (Å²) in [6.07, 6.45) is 1.71. The van der Waals surface area contributed by atoms with E-state index in [0.717, 1.165) is 26.8 Å². The molecule has 0 fully saturated rings. The van der Waals surface area contributed by atoms with E-state index in [2.05, 4.69) is 10.3 Å². The number of anilines is 1. The van der Waals surface area contributed by atoms with Crippen molar-refractivity contribution >= 4 is 22.6 Å². The molecule has 0 aliphatic heterocycles. The fourth-order valence-corrected chi connectivity index (χ4v) is 3.79. The topological polar surface area (TPSA) is 104 Å². The summed E-state index contributed by atoms with van der Waals surface area (Å²) in [6, 6.07) is 11.0. The van der Waals surface area contributed by atoms with Gasteiger partial charge in [0.25, 0.3) is 5.56 Å². The van der Waals surface area contributed by atoms with Crippen LogP contribution in [0.15, 0.2) is 64.3 Å². The highest BCUT2D eigenvalue weighted by molar-refractivity contribution is 5.91. The number of pyridine rings is 1. The van der Waals surface area contributed by atoms with Gasteiger partial charge in [-0.25, -0.2) is 18.6 Å².